The van der Waals surface area contributed by atoms with E-state index in [2.05, 4.69) is 5.32 Å². The maximum Gasteiger partial charge on any atom is 0.260 e. The monoisotopic (exact) mass is 289 g/mol. The number of nitrogens with one attached hydrogen (secondary N) is 1. The topological polar surface area (TPSA) is 60.7 Å². The molecular formula is C16H19NO4. The first kappa shape index (κ1) is 15.1. The van der Waals surface area contributed by atoms with Crippen LogP contribution in [0.2, 0.25) is 0 Å². The summed E-state index contributed by atoms with van der Waals surface area (Å²) >= 11 is 0. The SMILES string of the molecule is CO[C@@H](CNC(=O)[C@H](C)Oc1ccccc1)c1ccco1. The van der Waals surface area contributed by atoms with Crippen LogP contribution in [-0.2, 0) is 9.53 Å². The maximum atomic E-state index is 12.0. The van der Waals surface area contributed by atoms with Crippen molar-refractivity contribution in [3.63, 3.8) is 0 Å². The highest BCUT2D eigenvalue weighted by molar-refractivity contribution is 5.80. The molecule has 1 aromatic carbocycles. The van der Waals surface area contributed by atoms with Crippen LogP contribution >= 0.6 is 0 Å². The molecular weight excluding hydrogens is 270 g/mol. The lowest BCUT2D eigenvalue weighted by molar-refractivity contribution is -0.127. The molecule has 2 rings (SSSR count). The molecule has 0 aliphatic carbocycles. The fraction of sp³-hybridized carbons (Fsp3) is 0.312. The molecule has 2 aromatic rings. The van der Waals surface area contributed by atoms with Crippen molar-refractivity contribution in [3.8, 4) is 5.75 Å². The number of para-hydroxylation sites is 1. The quantitative estimate of drug-likeness (QED) is 0.851. The Morgan fingerprint density at radius 2 is 2.00 bits per heavy atom. The van der Waals surface area contributed by atoms with Gasteiger partial charge in [-0.3, -0.25) is 4.79 Å². The third-order valence-corrected chi connectivity index (χ3v) is 3.03. The summed E-state index contributed by atoms with van der Waals surface area (Å²) < 4.78 is 16.1. The fourth-order valence-corrected chi connectivity index (χ4v) is 1.87. The molecule has 2 atom stereocenters. The highest BCUT2D eigenvalue weighted by Gasteiger charge is 2.18. The summed E-state index contributed by atoms with van der Waals surface area (Å²) in [6.45, 7) is 2.03. The Kier molecular flexibility index (Phi) is 5.40. The van der Waals surface area contributed by atoms with Crippen LogP contribution in [0.4, 0.5) is 0 Å². The molecule has 0 aliphatic heterocycles. The van der Waals surface area contributed by atoms with Crippen LogP contribution in [0.25, 0.3) is 0 Å². The first-order valence-electron chi connectivity index (χ1n) is 6.76. The van der Waals surface area contributed by atoms with Crippen molar-refractivity contribution in [2.45, 2.75) is 19.1 Å². The van der Waals surface area contributed by atoms with Gasteiger partial charge in [0.15, 0.2) is 6.10 Å². The number of carbonyl (C=O) groups excluding carboxylic acids is 1. The number of amides is 1. The van der Waals surface area contributed by atoms with Crippen molar-refractivity contribution in [1.29, 1.82) is 0 Å². The van der Waals surface area contributed by atoms with Gasteiger partial charge in [0.1, 0.15) is 17.6 Å². The Morgan fingerprint density at radius 1 is 1.24 bits per heavy atom. The molecule has 1 amide bonds. The molecule has 1 N–H and O–H groups in total. The largest absolute Gasteiger partial charge is 0.481 e. The predicted octanol–water partition coefficient (Wildman–Crippen LogP) is 2.55. The van der Waals surface area contributed by atoms with E-state index in [4.69, 9.17) is 13.9 Å². The van der Waals surface area contributed by atoms with E-state index in [0.29, 0.717) is 18.1 Å². The molecule has 1 heterocycles. The summed E-state index contributed by atoms with van der Waals surface area (Å²) in [4.78, 5) is 12.0. The van der Waals surface area contributed by atoms with Crippen molar-refractivity contribution in [2.24, 2.45) is 0 Å². The van der Waals surface area contributed by atoms with Gasteiger partial charge in [-0.25, -0.2) is 0 Å². The number of furan rings is 1. The van der Waals surface area contributed by atoms with Gasteiger partial charge in [-0.15, -0.1) is 0 Å². The smallest absolute Gasteiger partial charge is 0.260 e. The summed E-state index contributed by atoms with van der Waals surface area (Å²) in [5.41, 5.74) is 0. The average molecular weight is 289 g/mol. The normalized spacial score (nSPS) is 13.4. The van der Waals surface area contributed by atoms with E-state index in [9.17, 15) is 4.79 Å². The van der Waals surface area contributed by atoms with E-state index in [1.54, 1.807) is 26.4 Å². The number of hydrogen-bond acceptors (Lipinski definition) is 4. The zero-order valence-electron chi connectivity index (χ0n) is 12.1. The average Bonchev–Trinajstić information content (AvgIpc) is 3.03. The van der Waals surface area contributed by atoms with Crippen LogP contribution in [0.15, 0.2) is 53.1 Å². The van der Waals surface area contributed by atoms with E-state index >= 15 is 0 Å². The molecule has 21 heavy (non-hydrogen) atoms. The van der Waals surface area contributed by atoms with Crippen LogP contribution in [0.1, 0.15) is 18.8 Å². The van der Waals surface area contributed by atoms with E-state index in [1.807, 2.05) is 36.4 Å². The minimum absolute atomic E-state index is 0.201. The third-order valence-electron chi connectivity index (χ3n) is 3.03. The number of ether oxygens (including phenoxy) is 2. The van der Waals surface area contributed by atoms with Gasteiger partial charge in [-0.1, -0.05) is 18.2 Å². The van der Waals surface area contributed by atoms with Crippen LogP contribution in [0.5, 0.6) is 5.75 Å². The minimum atomic E-state index is -0.582. The Bertz CT molecular complexity index is 539. The molecule has 0 saturated heterocycles. The minimum Gasteiger partial charge on any atom is -0.481 e. The second-order valence-corrected chi connectivity index (χ2v) is 4.56. The van der Waals surface area contributed by atoms with Gasteiger partial charge in [-0.2, -0.15) is 0 Å². The molecule has 0 fully saturated rings. The van der Waals surface area contributed by atoms with Crippen molar-refractivity contribution in [1.82, 2.24) is 5.32 Å². The Balaban J connectivity index is 1.83. The molecule has 1 aromatic heterocycles. The number of hydrogen-bond donors (Lipinski definition) is 1. The molecule has 0 aliphatic rings. The lowest BCUT2D eigenvalue weighted by atomic mass is 10.2. The zero-order valence-corrected chi connectivity index (χ0v) is 12.1. The third kappa shape index (κ3) is 4.36. The van der Waals surface area contributed by atoms with Gasteiger partial charge < -0.3 is 19.2 Å². The summed E-state index contributed by atoms with van der Waals surface area (Å²) in [5.74, 6) is 1.14. The lowest BCUT2D eigenvalue weighted by Crippen LogP contribution is -2.38. The van der Waals surface area contributed by atoms with Gasteiger partial charge in [0.05, 0.1) is 12.8 Å². The molecule has 0 spiro atoms. The molecule has 0 bridgehead atoms. The molecule has 0 unspecified atom stereocenters. The number of rotatable bonds is 7. The highest BCUT2D eigenvalue weighted by atomic mass is 16.5. The second kappa shape index (κ2) is 7.50. The zero-order chi connectivity index (χ0) is 15.1. The van der Waals surface area contributed by atoms with Crippen molar-refractivity contribution in [2.75, 3.05) is 13.7 Å². The Morgan fingerprint density at radius 3 is 2.62 bits per heavy atom. The van der Waals surface area contributed by atoms with Crippen molar-refractivity contribution >= 4 is 5.91 Å². The molecule has 5 heteroatoms. The van der Waals surface area contributed by atoms with Gasteiger partial charge in [0, 0.05) is 7.11 Å². The van der Waals surface area contributed by atoms with Crippen molar-refractivity contribution in [3.05, 3.63) is 54.5 Å². The molecule has 0 radical (unpaired) electrons. The van der Waals surface area contributed by atoms with E-state index in [-0.39, 0.29) is 12.0 Å². The van der Waals surface area contributed by atoms with Gasteiger partial charge in [0.2, 0.25) is 0 Å². The van der Waals surface area contributed by atoms with E-state index < -0.39 is 6.10 Å². The molecule has 5 nitrogen and oxygen atoms in total. The van der Waals surface area contributed by atoms with Gasteiger partial charge in [-0.05, 0) is 31.2 Å². The van der Waals surface area contributed by atoms with Crippen LogP contribution in [0, 0.1) is 0 Å². The highest BCUT2D eigenvalue weighted by Crippen LogP contribution is 2.16. The number of carbonyl (C=O) groups is 1. The van der Waals surface area contributed by atoms with E-state index in [1.165, 1.54) is 0 Å². The second-order valence-electron chi connectivity index (χ2n) is 4.56. The standard InChI is InChI=1S/C16H19NO4/c1-12(21-13-7-4-3-5-8-13)16(18)17-11-15(19-2)14-9-6-10-20-14/h3-10,12,15H,11H2,1-2H3,(H,17,18)/t12-,15-/m0/s1. The van der Waals surface area contributed by atoms with Crippen LogP contribution in [-0.4, -0.2) is 25.7 Å². The number of benzene rings is 1. The first-order chi connectivity index (χ1) is 10.2. The summed E-state index contributed by atoms with van der Waals surface area (Å²) in [7, 11) is 1.57. The Hall–Kier alpha value is -2.27. The maximum absolute atomic E-state index is 12.0. The summed E-state index contributed by atoms with van der Waals surface area (Å²) in [6, 6.07) is 12.8. The molecule has 0 saturated carbocycles. The van der Waals surface area contributed by atoms with E-state index in [0.717, 1.165) is 0 Å². The molecule has 112 valence electrons. The van der Waals surface area contributed by atoms with Crippen LogP contribution in [0.3, 0.4) is 0 Å². The predicted molar refractivity (Wildman–Crippen MR) is 78.0 cm³/mol. The number of methoxy groups -OCH3 is 1. The first-order valence-corrected chi connectivity index (χ1v) is 6.76. The Labute approximate surface area is 123 Å². The van der Waals surface area contributed by atoms with Crippen molar-refractivity contribution < 1.29 is 18.7 Å². The summed E-state index contributed by atoms with van der Waals surface area (Å²) in [6.07, 6.45) is 0.680. The van der Waals surface area contributed by atoms with Gasteiger partial charge >= 0.3 is 0 Å². The van der Waals surface area contributed by atoms with Crippen LogP contribution < -0.4 is 10.1 Å². The summed E-state index contributed by atoms with van der Waals surface area (Å²) in [5, 5.41) is 2.79. The van der Waals surface area contributed by atoms with Gasteiger partial charge in [0.25, 0.3) is 5.91 Å². The fourth-order valence-electron chi connectivity index (χ4n) is 1.87. The lowest BCUT2D eigenvalue weighted by Gasteiger charge is -2.17.